The Morgan fingerprint density at radius 2 is 1.87 bits per heavy atom. The van der Waals surface area contributed by atoms with Gasteiger partial charge in [0, 0.05) is 6.04 Å². The van der Waals surface area contributed by atoms with E-state index in [4.69, 9.17) is 4.74 Å². The summed E-state index contributed by atoms with van der Waals surface area (Å²) in [6.07, 6.45) is 1.98. The van der Waals surface area contributed by atoms with Gasteiger partial charge in [-0.3, -0.25) is 0 Å². The third kappa shape index (κ3) is 4.10. The minimum atomic E-state index is -0.405. The van der Waals surface area contributed by atoms with Gasteiger partial charge in [-0.1, -0.05) is 13.8 Å². The van der Waals surface area contributed by atoms with E-state index in [1.807, 2.05) is 20.8 Å². The maximum atomic E-state index is 11.5. The number of carbonyl (C=O) groups excluding carboxylic acids is 1. The van der Waals surface area contributed by atoms with Crippen LogP contribution in [0.2, 0.25) is 0 Å². The van der Waals surface area contributed by atoms with Crippen LogP contribution in [0, 0.1) is 11.8 Å². The maximum absolute atomic E-state index is 11.5. The molecule has 0 radical (unpaired) electrons. The third-order valence-electron chi connectivity index (χ3n) is 2.82. The normalized spacial score (nSPS) is 31.4. The first kappa shape index (κ1) is 12.3. The number of nitrogens with one attached hydrogen (secondary N) is 1. The second kappa shape index (κ2) is 4.42. The summed E-state index contributed by atoms with van der Waals surface area (Å²) in [6.45, 7) is 10.1. The van der Waals surface area contributed by atoms with Crippen molar-refractivity contribution in [2.75, 3.05) is 0 Å². The van der Waals surface area contributed by atoms with Gasteiger partial charge in [0.25, 0.3) is 0 Å². The molecule has 0 aliphatic heterocycles. The van der Waals surface area contributed by atoms with Crippen LogP contribution in [0.3, 0.4) is 0 Å². The Labute approximate surface area is 92.6 Å². The molecule has 3 atom stereocenters. The molecule has 1 N–H and O–H groups in total. The fourth-order valence-corrected chi connectivity index (χ4v) is 2.22. The molecule has 1 fully saturated rings. The molecule has 1 saturated carbocycles. The smallest absolute Gasteiger partial charge is 0.407 e. The Bertz CT molecular complexity index is 232. The predicted molar refractivity (Wildman–Crippen MR) is 60.7 cm³/mol. The van der Waals surface area contributed by atoms with E-state index in [1.54, 1.807) is 0 Å². The molecule has 0 aromatic rings. The largest absolute Gasteiger partial charge is 0.444 e. The summed E-state index contributed by atoms with van der Waals surface area (Å²) in [5, 5.41) is 2.95. The van der Waals surface area contributed by atoms with E-state index in [0.717, 1.165) is 6.42 Å². The molecule has 1 aliphatic carbocycles. The van der Waals surface area contributed by atoms with Crippen LogP contribution in [0.5, 0.6) is 0 Å². The lowest BCUT2D eigenvalue weighted by atomic mass is 10.1. The molecule has 1 aliphatic rings. The zero-order valence-corrected chi connectivity index (χ0v) is 10.5. The average molecular weight is 213 g/mol. The van der Waals surface area contributed by atoms with Crippen LogP contribution < -0.4 is 5.32 Å². The second-order valence-electron chi connectivity index (χ2n) is 5.81. The van der Waals surface area contributed by atoms with Crippen molar-refractivity contribution in [3.05, 3.63) is 0 Å². The Kier molecular flexibility index (Phi) is 3.63. The van der Waals surface area contributed by atoms with E-state index < -0.39 is 5.60 Å². The van der Waals surface area contributed by atoms with Gasteiger partial charge in [-0.2, -0.15) is 0 Å². The minimum absolute atomic E-state index is 0.284. The lowest BCUT2D eigenvalue weighted by molar-refractivity contribution is 0.0494. The van der Waals surface area contributed by atoms with E-state index in [-0.39, 0.29) is 12.1 Å². The van der Waals surface area contributed by atoms with Crippen LogP contribution in [0.25, 0.3) is 0 Å². The first-order valence-electron chi connectivity index (χ1n) is 5.77. The first-order chi connectivity index (χ1) is 6.78. The van der Waals surface area contributed by atoms with Gasteiger partial charge in [0.2, 0.25) is 0 Å². The Morgan fingerprint density at radius 1 is 1.27 bits per heavy atom. The number of rotatable bonds is 1. The Hall–Kier alpha value is -0.730. The van der Waals surface area contributed by atoms with E-state index >= 15 is 0 Å². The molecule has 0 saturated heterocycles. The lowest BCUT2D eigenvalue weighted by Crippen LogP contribution is -2.40. The van der Waals surface area contributed by atoms with Crippen LogP contribution in [0.4, 0.5) is 4.79 Å². The van der Waals surface area contributed by atoms with Crippen molar-refractivity contribution in [3.8, 4) is 0 Å². The average Bonchev–Trinajstić information content (AvgIpc) is 2.25. The molecule has 1 rings (SSSR count). The Balaban J connectivity index is 2.39. The molecular formula is C12H23NO2. The van der Waals surface area contributed by atoms with Crippen LogP contribution in [-0.2, 0) is 4.74 Å². The fourth-order valence-electron chi connectivity index (χ4n) is 2.22. The summed E-state index contributed by atoms with van der Waals surface area (Å²) >= 11 is 0. The third-order valence-corrected chi connectivity index (χ3v) is 2.82. The van der Waals surface area contributed by atoms with Gasteiger partial charge in [0.05, 0.1) is 0 Å². The van der Waals surface area contributed by atoms with Crippen molar-refractivity contribution >= 4 is 6.09 Å². The first-order valence-corrected chi connectivity index (χ1v) is 5.77. The van der Waals surface area contributed by atoms with E-state index in [9.17, 15) is 4.79 Å². The molecule has 15 heavy (non-hydrogen) atoms. The molecule has 0 spiro atoms. The highest BCUT2D eigenvalue weighted by atomic mass is 16.6. The quantitative estimate of drug-likeness (QED) is 0.727. The highest BCUT2D eigenvalue weighted by Crippen LogP contribution is 2.30. The van der Waals surface area contributed by atoms with Crippen LogP contribution in [-0.4, -0.2) is 17.7 Å². The summed E-state index contributed by atoms with van der Waals surface area (Å²) in [5.41, 5.74) is -0.405. The number of alkyl carbamates (subject to hydrolysis) is 1. The van der Waals surface area contributed by atoms with Gasteiger partial charge >= 0.3 is 6.09 Å². The summed E-state index contributed by atoms with van der Waals surface area (Å²) in [4.78, 5) is 11.5. The van der Waals surface area contributed by atoms with E-state index in [1.165, 1.54) is 6.42 Å². The monoisotopic (exact) mass is 213 g/mol. The molecule has 88 valence electrons. The van der Waals surface area contributed by atoms with Crippen molar-refractivity contribution in [2.24, 2.45) is 11.8 Å². The van der Waals surface area contributed by atoms with Crippen molar-refractivity contribution in [1.82, 2.24) is 5.32 Å². The summed E-state index contributed by atoms with van der Waals surface area (Å²) in [7, 11) is 0. The molecule has 0 unspecified atom stereocenters. The highest BCUT2D eigenvalue weighted by molar-refractivity contribution is 5.68. The van der Waals surface area contributed by atoms with Crippen LogP contribution in [0.1, 0.15) is 47.5 Å². The zero-order chi connectivity index (χ0) is 11.6. The number of amides is 1. The topological polar surface area (TPSA) is 38.3 Å². The van der Waals surface area contributed by atoms with Crippen LogP contribution >= 0.6 is 0 Å². The number of carbonyl (C=O) groups is 1. The van der Waals surface area contributed by atoms with Gasteiger partial charge in [-0.15, -0.1) is 0 Å². The molecular weight excluding hydrogens is 190 g/mol. The zero-order valence-electron chi connectivity index (χ0n) is 10.5. The van der Waals surface area contributed by atoms with Crippen molar-refractivity contribution in [1.29, 1.82) is 0 Å². The fraction of sp³-hybridized carbons (Fsp3) is 0.917. The lowest BCUT2D eigenvalue weighted by Gasteiger charge is -2.23. The Morgan fingerprint density at radius 3 is 2.27 bits per heavy atom. The number of ether oxygens (including phenoxy) is 1. The maximum Gasteiger partial charge on any atom is 0.407 e. The van der Waals surface area contributed by atoms with Crippen molar-refractivity contribution in [2.45, 2.75) is 59.1 Å². The van der Waals surface area contributed by atoms with Gasteiger partial charge < -0.3 is 10.1 Å². The van der Waals surface area contributed by atoms with E-state index in [2.05, 4.69) is 19.2 Å². The summed E-state index contributed by atoms with van der Waals surface area (Å²) in [6, 6.07) is 0.287. The van der Waals surface area contributed by atoms with Gasteiger partial charge in [-0.05, 0) is 45.4 Å². The van der Waals surface area contributed by atoms with Crippen molar-refractivity contribution in [3.63, 3.8) is 0 Å². The molecule has 0 heterocycles. The minimum Gasteiger partial charge on any atom is -0.444 e. The SMILES string of the molecule is C[C@@H]1C[C@H](C)[C@H](NC(=O)OC(C)(C)C)C1. The number of hydrogen-bond acceptors (Lipinski definition) is 2. The molecule has 0 bridgehead atoms. The van der Waals surface area contributed by atoms with Crippen molar-refractivity contribution < 1.29 is 9.53 Å². The highest BCUT2D eigenvalue weighted by Gasteiger charge is 2.30. The second-order valence-corrected chi connectivity index (χ2v) is 5.81. The predicted octanol–water partition coefficient (Wildman–Crippen LogP) is 2.95. The van der Waals surface area contributed by atoms with Crippen LogP contribution in [0.15, 0.2) is 0 Å². The molecule has 3 heteroatoms. The summed E-state index contributed by atoms with van der Waals surface area (Å²) < 4.78 is 5.23. The van der Waals surface area contributed by atoms with Gasteiger partial charge in [-0.25, -0.2) is 4.79 Å². The van der Waals surface area contributed by atoms with Gasteiger partial charge in [0.1, 0.15) is 5.60 Å². The molecule has 0 aromatic heterocycles. The summed E-state index contributed by atoms with van der Waals surface area (Å²) in [5.74, 6) is 1.27. The van der Waals surface area contributed by atoms with Gasteiger partial charge in [0.15, 0.2) is 0 Å². The molecule has 0 aromatic carbocycles. The number of hydrogen-bond donors (Lipinski definition) is 1. The standard InChI is InChI=1S/C12H23NO2/c1-8-6-9(2)10(7-8)13-11(14)15-12(3,4)5/h8-10H,6-7H2,1-5H3,(H,13,14)/t8-,9+,10-/m1/s1. The molecule has 1 amide bonds. The molecule has 3 nitrogen and oxygen atoms in total. The van der Waals surface area contributed by atoms with E-state index in [0.29, 0.717) is 11.8 Å².